The van der Waals surface area contributed by atoms with Crippen LogP contribution in [0.5, 0.6) is 11.5 Å². The molecule has 0 fully saturated rings. The molecule has 104 valence electrons. The van der Waals surface area contributed by atoms with Gasteiger partial charge in [-0.25, -0.2) is 0 Å². The Hall–Kier alpha value is -1.80. The second-order valence-electron chi connectivity index (χ2n) is 4.75. The van der Waals surface area contributed by atoms with E-state index in [1.165, 1.54) is 5.56 Å². The molecule has 0 aliphatic rings. The van der Waals surface area contributed by atoms with Crippen LogP contribution in [0.25, 0.3) is 0 Å². The molecule has 2 aromatic carbocycles. The van der Waals surface area contributed by atoms with Gasteiger partial charge in [-0.2, -0.15) is 0 Å². The smallest absolute Gasteiger partial charge is 0.155 e. The normalized spacial score (nSPS) is 11.9. The summed E-state index contributed by atoms with van der Waals surface area (Å²) in [5.41, 5.74) is 1.65. The highest BCUT2D eigenvalue weighted by Crippen LogP contribution is 2.30. The fourth-order valence-electron chi connectivity index (χ4n) is 1.95. The summed E-state index contributed by atoms with van der Waals surface area (Å²) in [5, 5.41) is 0.397. The Labute approximate surface area is 124 Å². The lowest BCUT2D eigenvalue weighted by Gasteiger charge is -2.12. The Morgan fingerprint density at radius 1 is 1.20 bits per heavy atom. The lowest BCUT2D eigenvalue weighted by Crippen LogP contribution is -1.93. The summed E-state index contributed by atoms with van der Waals surface area (Å²) in [6.45, 7) is 4.36. The zero-order chi connectivity index (χ0) is 14.5. The Morgan fingerprint density at radius 2 is 1.90 bits per heavy atom. The van der Waals surface area contributed by atoms with Crippen LogP contribution < -0.4 is 4.74 Å². The van der Waals surface area contributed by atoms with Crippen molar-refractivity contribution >= 4 is 17.9 Å². The molecule has 0 aliphatic heterocycles. The average Bonchev–Trinajstić information content (AvgIpc) is 2.47. The van der Waals surface area contributed by atoms with Crippen LogP contribution in [-0.4, -0.2) is 6.29 Å². The fraction of sp³-hybridized carbons (Fsp3) is 0.235. The molecule has 0 aromatic heterocycles. The van der Waals surface area contributed by atoms with Crippen molar-refractivity contribution in [2.45, 2.75) is 26.2 Å². The fourth-order valence-corrected chi connectivity index (χ4v) is 2.16. The summed E-state index contributed by atoms with van der Waals surface area (Å²) >= 11 is 5.97. The molecule has 0 aliphatic carbocycles. The first kappa shape index (κ1) is 14.6. The van der Waals surface area contributed by atoms with Crippen molar-refractivity contribution in [2.24, 2.45) is 0 Å². The Kier molecular flexibility index (Phi) is 4.80. The molecule has 0 heterocycles. The highest BCUT2D eigenvalue weighted by atomic mass is 35.5. The van der Waals surface area contributed by atoms with Crippen LogP contribution >= 0.6 is 11.6 Å². The van der Waals surface area contributed by atoms with Gasteiger partial charge in [0.05, 0.1) is 10.6 Å². The molecule has 0 spiro atoms. The molecule has 0 saturated carbocycles. The van der Waals surface area contributed by atoms with Crippen molar-refractivity contribution in [3.8, 4) is 11.5 Å². The van der Waals surface area contributed by atoms with Crippen molar-refractivity contribution in [1.29, 1.82) is 0 Å². The number of halogens is 1. The number of hydrogen-bond donors (Lipinski definition) is 0. The van der Waals surface area contributed by atoms with Crippen LogP contribution in [0.2, 0.25) is 5.02 Å². The Morgan fingerprint density at radius 3 is 2.50 bits per heavy atom. The molecule has 20 heavy (non-hydrogen) atoms. The third kappa shape index (κ3) is 3.20. The van der Waals surface area contributed by atoms with Crippen LogP contribution in [0.15, 0.2) is 42.5 Å². The number of carbonyl (C=O) groups is 1. The van der Waals surface area contributed by atoms with Gasteiger partial charge >= 0.3 is 0 Å². The molecule has 0 radical (unpaired) electrons. The molecule has 0 N–H and O–H groups in total. The zero-order valence-electron chi connectivity index (χ0n) is 11.6. The summed E-state index contributed by atoms with van der Waals surface area (Å²) in [6.07, 6.45) is 1.81. The number of rotatable bonds is 5. The molecule has 1 unspecified atom stereocenters. The van der Waals surface area contributed by atoms with E-state index in [0.717, 1.165) is 6.42 Å². The highest BCUT2D eigenvalue weighted by Gasteiger charge is 2.09. The first-order valence-electron chi connectivity index (χ1n) is 6.67. The topological polar surface area (TPSA) is 26.3 Å². The third-order valence-electron chi connectivity index (χ3n) is 3.42. The summed E-state index contributed by atoms with van der Waals surface area (Å²) in [6, 6.07) is 13.1. The molecular weight excluding hydrogens is 272 g/mol. The molecule has 1 atom stereocenters. The second-order valence-corrected chi connectivity index (χ2v) is 5.16. The number of benzene rings is 2. The van der Waals surface area contributed by atoms with Crippen LogP contribution in [0.3, 0.4) is 0 Å². The minimum absolute atomic E-state index is 0.375. The highest BCUT2D eigenvalue weighted by molar-refractivity contribution is 6.33. The number of carbonyl (C=O) groups excluding carboxylic acids is 1. The van der Waals surface area contributed by atoms with E-state index in [1.54, 1.807) is 18.2 Å². The lowest BCUT2D eigenvalue weighted by atomic mass is 9.99. The van der Waals surface area contributed by atoms with E-state index in [4.69, 9.17) is 16.3 Å². The molecule has 3 heteroatoms. The summed E-state index contributed by atoms with van der Waals surface area (Å²) in [7, 11) is 0. The van der Waals surface area contributed by atoms with Crippen molar-refractivity contribution in [2.75, 3.05) is 0 Å². The van der Waals surface area contributed by atoms with Crippen LogP contribution in [0.4, 0.5) is 0 Å². The van der Waals surface area contributed by atoms with E-state index in [0.29, 0.717) is 34.3 Å². The number of aldehydes is 1. The van der Waals surface area contributed by atoms with Crippen molar-refractivity contribution in [1.82, 2.24) is 0 Å². The van der Waals surface area contributed by atoms with Gasteiger partial charge in [0.1, 0.15) is 11.5 Å². The van der Waals surface area contributed by atoms with E-state index in [9.17, 15) is 4.79 Å². The summed E-state index contributed by atoms with van der Waals surface area (Å²) in [4.78, 5) is 11.1. The molecular formula is C17H17ClO2. The minimum atomic E-state index is 0.375. The molecule has 0 saturated heterocycles. The van der Waals surface area contributed by atoms with E-state index in [-0.39, 0.29) is 0 Å². The summed E-state index contributed by atoms with van der Waals surface area (Å²) in [5.74, 6) is 1.70. The SMILES string of the molecule is CCC(C)c1ccc(Oc2cccc(Cl)c2C=O)cc1. The van der Waals surface area contributed by atoms with Crippen molar-refractivity contribution in [3.05, 3.63) is 58.6 Å². The average molecular weight is 289 g/mol. The summed E-state index contributed by atoms with van der Waals surface area (Å²) < 4.78 is 5.73. The van der Waals surface area contributed by atoms with Gasteiger partial charge in [-0.3, -0.25) is 4.79 Å². The van der Waals surface area contributed by atoms with Gasteiger partial charge in [0.15, 0.2) is 6.29 Å². The maximum atomic E-state index is 11.1. The van der Waals surface area contributed by atoms with Gasteiger partial charge in [0.25, 0.3) is 0 Å². The van der Waals surface area contributed by atoms with Gasteiger partial charge in [-0.15, -0.1) is 0 Å². The van der Waals surface area contributed by atoms with E-state index in [2.05, 4.69) is 26.0 Å². The predicted octanol–water partition coefficient (Wildman–Crippen LogP) is 5.46. The largest absolute Gasteiger partial charge is 0.457 e. The van der Waals surface area contributed by atoms with Gasteiger partial charge in [-0.05, 0) is 42.2 Å². The van der Waals surface area contributed by atoms with E-state index >= 15 is 0 Å². The van der Waals surface area contributed by atoms with Crippen LogP contribution in [0.1, 0.15) is 42.1 Å². The van der Waals surface area contributed by atoms with E-state index in [1.807, 2.05) is 12.1 Å². The minimum Gasteiger partial charge on any atom is -0.457 e. The lowest BCUT2D eigenvalue weighted by molar-refractivity contribution is 0.112. The maximum absolute atomic E-state index is 11.1. The van der Waals surface area contributed by atoms with Gasteiger partial charge in [0.2, 0.25) is 0 Å². The van der Waals surface area contributed by atoms with E-state index < -0.39 is 0 Å². The number of ether oxygens (including phenoxy) is 1. The van der Waals surface area contributed by atoms with Crippen molar-refractivity contribution < 1.29 is 9.53 Å². The second kappa shape index (κ2) is 6.58. The molecule has 0 amide bonds. The molecule has 2 nitrogen and oxygen atoms in total. The first-order valence-corrected chi connectivity index (χ1v) is 7.05. The molecule has 2 aromatic rings. The van der Waals surface area contributed by atoms with Crippen LogP contribution in [0, 0.1) is 0 Å². The van der Waals surface area contributed by atoms with Gasteiger partial charge in [0, 0.05) is 0 Å². The van der Waals surface area contributed by atoms with Crippen molar-refractivity contribution in [3.63, 3.8) is 0 Å². The Balaban J connectivity index is 2.22. The molecule has 2 rings (SSSR count). The quantitative estimate of drug-likeness (QED) is 0.683. The standard InChI is InChI=1S/C17H17ClO2/c1-3-12(2)13-7-9-14(10-8-13)20-17-6-4-5-16(18)15(17)11-19/h4-12H,3H2,1-2H3. The molecule has 0 bridgehead atoms. The number of hydrogen-bond acceptors (Lipinski definition) is 2. The maximum Gasteiger partial charge on any atom is 0.155 e. The predicted molar refractivity (Wildman–Crippen MR) is 82.1 cm³/mol. The van der Waals surface area contributed by atoms with Crippen LogP contribution in [-0.2, 0) is 0 Å². The Bertz CT molecular complexity index is 590. The van der Waals surface area contributed by atoms with Gasteiger partial charge in [-0.1, -0.05) is 43.6 Å². The first-order chi connectivity index (χ1) is 9.65. The monoisotopic (exact) mass is 288 g/mol. The van der Waals surface area contributed by atoms with Gasteiger partial charge < -0.3 is 4.74 Å². The third-order valence-corrected chi connectivity index (χ3v) is 3.75. The zero-order valence-corrected chi connectivity index (χ0v) is 12.4.